The van der Waals surface area contributed by atoms with E-state index in [2.05, 4.69) is 51.8 Å². The van der Waals surface area contributed by atoms with E-state index in [0.717, 1.165) is 11.3 Å². The lowest BCUT2D eigenvalue weighted by Crippen LogP contribution is -2.14. The highest BCUT2D eigenvalue weighted by Gasteiger charge is 2.09. The molecular formula is C22H24N4O2. The minimum absolute atomic E-state index is 0.105. The van der Waals surface area contributed by atoms with Gasteiger partial charge in [-0.05, 0) is 50.6 Å². The number of nitrogens with one attached hydrogen (secondary N) is 2. The highest BCUT2D eigenvalue weighted by atomic mass is 16.5. The van der Waals surface area contributed by atoms with Crippen LogP contribution in [0.3, 0.4) is 0 Å². The quantitative estimate of drug-likeness (QED) is 0.638. The Morgan fingerprint density at radius 2 is 1.71 bits per heavy atom. The number of anilines is 2. The number of hydrogen-bond acceptors (Lipinski definition) is 5. The molecule has 0 aliphatic heterocycles. The monoisotopic (exact) mass is 376 g/mol. The van der Waals surface area contributed by atoms with Crippen LogP contribution in [0.2, 0.25) is 0 Å². The lowest BCUT2D eigenvalue weighted by Gasteiger charge is -2.10. The summed E-state index contributed by atoms with van der Waals surface area (Å²) < 4.78 is 5.59. The Morgan fingerprint density at radius 3 is 2.32 bits per heavy atom. The van der Waals surface area contributed by atoms with Gasteiger partial charge in [-0.2, -0.15) is 0 Å². The highest BCUT2D eigenvalue weighted by Crippen LogP contribution is 2.17. The van der Waals surface area contributed by atoms with Crippen LogP contribution >= 0.6 is 0 Å². The predicted octanol–water partition coefficient (Wildman–Crippen LogP) is 4.44. The molecule has 6 nitrogen and oxygen atoms in total. The maximum absolute atomic E-state index is 12.3. The first-order valence-electron chi connectivity index (χ1n) is 9.19. The van der Waals surface area contributed by atoms with Gasteiger partial charge in [0.05, 0.1) is 18.5 Å². The highest BCUT2D eigenvalue weighted by molar-refractivity contribution is 6.02. The van der Waals surface area contributed by atoms with Gasteiger partial charge in [-0.1, -0.05) is 29.8 Å². The van der Waals surface area contributed by atoms with Gasteiger partial charge in [0.15, 0.2) is 0 Å². The summed E-state index contributed by atoms with van der Waals surface area (Å²) in [5, 5.41) is 6.00. The molecule has 0 aliphatic carbocycles. The molecule has 0 unspecified atom stereocenters. The second-order valence-electron chi connectivity index (χ2n) is 6.77. The third-order valence-electron chi connectivity index (χ3n) is 3.96. The fourth-order valence-electron chi connectivity index (χ4n) is 2.52. The van der Waals surface area contributed by atoms with Gasteiger partial charge in [0.25, 0.3) is 5.91 Å². The van der Waals surface area contributed by atoms with Crippen molar-refractivity contribution in [3.05, 3.63) is 77.7 Å². The topological polar surface area (TPSA) is 76.1 Å². The molecule has 0 bridgehead atoms. The third-order valence-corrected chi connectivity index (χ3v) is 3.96. The van der Waals surface area contributed by atoms with Crippen LogP contribution in [-0.4, -0.2) is 22.0 Å². The Labute approximate surface area is 165 Å². The van der Waals surface area contributed by atoms with Crippen LogP contribution in [-0.2, 0) is 6.54 Å². The Hall–Kier alpha value is -3.41. The summed E-state index contributed by atoms with van der Waals surface area (Å²) in [6.07, 6.45) is 3.12. The molecule has 6 heteroatoms. The molecule has 1 heterocycles. The zero-order valence-corrected chi connectivity index (χ0v) is 16.3. The number of rotatable bonds is 7. The van der Waals surface area contributed by atoms with Gasteiger partial charge in [0.1, 0.15) is 17.3 Å². The van der Waals surface area contributed by atoms with Crippen LogP contribution in [0.5, 0.6) is 5.75 Å². The molecule has 0 spiro atoms. The maximum Gasteiger partial charge on any atom is 0.275 e. The minimum Gasteiger partial charge on any atom is -0.491 e. The zero-order valence-electron chi connectivity index (χ0n) is 16.3. The first kappa shape index (κ1) is 19.4. The van der Waals surface area contributed by atoms with Gasteiger partial charge in [-0.3, -0.25) is 4.79 Å². The normalized spacial score (nSPS) is 10.6. The molecule has 3 rings (SSSR count). The summed E-state index contributed by atoms with van der Waals surface area (Å²) in [6, 6.07) is 15.5. The van der Waals surface area contributed by atoms with E-state index >= 15 is 0 Å². The molecule has 2 N–H and O–H groups in total. The van der Waals surface area contributed by atoms with Crippen LogP contribution in [0.4, 0.5) is 11.5 Å². The molecule has 3 aromatic rings. The number of amides is 1. The van der Waals surface area contributed by atoms with Gasteiger partial charge in [0.2, 0.25) is 0 Å². The van der Waals surface area contributed by atoms with Gasteiger partial charge in [-0.25, -0.2) is 9.97 Å². The average Bonchev–Trinajstić information content (AvgIpc) is 2.69. The van der Waals surface area contributed by atoms with Crippen LogP contribution < -0.4 is 15.4 Å². The Bertz CT molecular complexity index is 905. The van der Waals surface area contributed by atoms with Crippen LogP contribution in [0, 0.1) is 6.92 Å². The summed E-state index contributed by atoms with van der Waals surface area (Å²) in [5.74, 6) is 1.07. The van der Waals surface area contributed by atoms with Crippen molar-refractivity contribution < 1.29 is 9.53 Å². The van der Waals surface area contributed by atoms with Crippen LogP contribution in [0.25, 0.3) is 0 Å². The van der Waals surface area contributed by atoms with E-state index in [4.69, 9.17) is 4.74 Å². The van der Waals surface area contributed by atoms with E-state index < -0.39 is 0 Å². The molecule has 0 aliphatic rings. The van der Waals surface area contributed by atoms with Gasteiger partial charge in [0, 0.05) is 12.2 Å². The Kier molecular flexibility index (Phi) is 6.22. The number of nitrogens with zero attached hydrogens (tertiary/aromatic N) is 2. The Balaban J connectivity index is 1.55. The van der Waals surface area contributed by atoms with Crippen molar-refractivity contribution in [2.24, 2.45) is 0 Å². The van der Waals surface area contributed by atoms with Crippen molar-refractivity contribution in [3.63, 3.8) is 0 Å². The number of carbonyl (C=O) groups excluding carboxylic acids is 1. The second-order valence-corrected chi connectivity index (χ2v) is 6.77. The SMILES string of the molecule is Cc1ccc(CNc2cnc(C(=O)Nc3ccc(OC(C)C)cc3)cn2)cc1. The molecule has 0 radical (unpaired) electrons. The number of hydrogen-bond donors (Lipinski definition) is 2. The number of aryl methyl sites for hydroxylation is 1. The molecule has 144 valence electrons. The van der Waals surface area contributed by atoms with E-state index in [-0.39, 0.29) is 17.7 Å². The van der Waals surface area contributed by atoms with Crippen molar-refractivity contribution in [1.29, 1.82) is 0 Å². The van der Waals surface area contributed by atoms with Crippen molar-refractivity contribution in [3.8, 4) is 5.75 Å². The fourth-order valence-corrected chi connectivity index (χ4v) is 2.52. The Morgan fingerprint density at radius 1 is 1.00 bits per heavy atom. The smallest absolute Gasteiger partial charge is 0.275 e. The van der Waals surface area contributed by atoms with E-state index in [1.54, 1.807) is 18.3 Å². The largest absolute Gasteiger partial charge is 0.491 e. The van der Waals surface area contributed by atoms with Crippen LogP contribution in [0.1, 0.15) is 35.5 Å². The summed E-state index contributed by atoms with van der Waals surface area (Å²) >= 11 is 0. The minimum atomic E-state index is -0.310. The summed E-state index contributed by atoms with van der Waals surface area (Å²) in [5.41, 5.74) is 3.30. The molecule has 0 saturated carbocycles. The maximum atomic E-state index is 12.3. The fraction of sp³-hybridized carbons (Fsp3) is 0.227. The van der Waals surface area contributed by atoms with E-state index in [9.17, 15) is 4.79 Å². The number of carbonyl (C=O) groups is 1. The average molecular weight is 376 g/mol. The van der Waals surface area contributed by atoms with Gasteiger partial charge in [-0.15, -0.1) is 0 Å². The lowest BCUT2D eigenvalue weighted by molar-refractivity contribution is 0.102. The van der Waals surface area contributed by atoms with Crippen molar-refractivity contribution in [2.75, 3.05) is 10.6 Å². The van der Waals surface area contributed by atoms with Gasteiger partial charge < -0.3 is 15.4 Å². The molecule has 1 amide bonds. The van der Waals surface area contributed by atoms with Crippen molar-refractivity contribution in [1.82, 2.24) is 9.97 Å². The first-order chi connectivity index (χ1) is 13.5. The summed E-state index contributed by atoms with van der Waals surface area (Å²) in [7, 11) is 0. The lowest BCUT2D eigenvalue weighted by atomic mass is 10.1. The van der Waals surface area contributed by atoms with E-state index in [0.29, 0.717) is 18.1 Å². The standard InChI is InChI=1S/C22H24N4O2/c1-15(2)28-19-10-8-18(9-11-19)26-22(27)20-13-25-21(14-23-20)24-12-17-6-4-16(3)5-7-17/h4-11,13-15H,12H2,1-3H3,(H,24,25)(H,26,27). The molecule has 1 aromatic heterocycles. The van der Waals surface area contributed by atoms with Crippen molar-refractivity contribution in [2.45, 2.75) is 33.4 Å². The first-order valence-corrected chi connectivity index (χ1v) is 9.19. The molecule has 0 saturated heterocycles. The van der Waals surface area contributed by atoms with E-state index in [1.807, 2.05) is 26.0 Å². The molecule has 28 heavy (non-hydrogen) atoms. The number of benzene rings is 2. The van der Waals surface area contributed by atoms with Crippen LogP contribution in [0.15, 0.2) is 60.9 Å². The summed E-state index contributed by atoms with van der Waals surface area (Å²) in [4.78, 5) is 20.8. The second kappa shape index (κ2) is 8.99. The summed E-state index contributed by atoms with van der Waals surface area (Å²) in [6.45, 7) is 6.63. The third kappa shape index (κ3) is 5.54. The number of aromatic nitrogens is 2. The number of ether oxygens (including phenoxy) is 1. The molecule has 2 aromatic carbocycles. The molecular weight excluding hydrogens is 352 g/mol. The zero-order chi connectivity index (χ0) is 19.9. The molecule has 0 atom stereocenters. The van der Waals surface area contributed by atoms with Gasteiger partial charge >= 0.3 is 0 Å². The molecule has 0 fully saturated rings. The van der Waals surface area contributed by atoms with E-state index in [1.165, 1.54) is 11.8 Å². The predicted molar refractivity (Wildman–Crippen MR) is 111 cm³/mol. The van der Waals surface area contributed by atoms with Crippen molar-refractivity contribution >= 4 is 17.4 Å².